The molecule has 0 spiro atoms. The molecule has 1 fully saturated rings. The second-order valence-corrected chi connectivity index (χ2v) is 8.76. The zero-order valence-corrected chi connectivity index (χ0v) is 20.2. The molecular formula is C27H22N8O3. The minimum atomic E-state index is -0.668. The van der Waals surface area contributed by atoms with Gasteiger partial charge in [-0.25, -0.2) is 14.6 Å². The molecule has 1 N–H and O–H groups in total. The van der Waals surface area contributed by atoms with Crippen LogP contribution in [0.2, 0.25) is 0 Å². The van der Waals surface area contributed by atoms with Crippen molar-refractivity contribution >= 4 is 28.6 Å². The van der Waals surface area contributed by atoms with E-state index in [1.807, 2.05) is 42.5 Å². The van der Waals surface area contributed by atoms with E-state index < -0.39 is 11.7 Å². The summed E-state index contributed by atoms with van der Waals surface area (Å²) in [6.45, 7) is 1.25. The average Bonchev–Trinajstić information content (AvgIpc) is 3.65. The molecule has 5 heterocycles. The Morgan fingerprint density at radius 1 is 0.789 bits per heavy atom. The van der Waals surface area contributed by atoms with Crippen molar-refractivity contribution in [2.24, 2.45) is 0 Å². The number of nitrogens with zero attached hydrogens (tertiary/aromatic N) is 7. The van der Waals surface area contributed by atoms with Gasteiger partial charge in [-0.15, -0.1) is 0 Å². The number of nitrogens with one attached hydrogen (secondary N) is 1. The van der Waals surface area contributed by atoms with Gasteiger partial charge < -0.3 is 14.8 Å². The quantitative estimate of drug-likeness (QED) is 0.286. The van der Waals surface area contributed by atoms with Gasteiger partial charge in [0.2, 0.25) is 0 Å². The molecule has 188 valence electrons. The summed E-state index contributed by atoms with van der Waals surface area (Å²) in [7, 11) is 0. The lowest BCUT2D eigenvalue weighted by Crippen LogP contribution is -2.52. The maximum absolute atomic E-state index is 13.2. The van der Waals surface area contributed by atoms with Crippen molar-refractivity contribution in [2.45, 2.75) is 0 Å². The smallest absolute Gasteiger partial charge is 0.295 e. The number of pyridine rings is 1. The SMILES string of the molecule is O=C(C(=O)N1CCN(C(=O)c2ccccc2)CC1)c1c[nH]c2c(-n3ccc(-c4ccccn4)n3)ncnc12. The zero-order valence-electron chi connectivity index (χ0n) is 20.2. The molecular weight excluding hydrogens is 484 g/mol. The molecule has 0 atom stereocenters. The summed E-state index contributed by atoms with van der Waals surface area (Å²) in [5, 5.41) is 4.56. The Labute approximate surface area is 216 Å². The van der Waals surface area contributed by atoms with Crippen LogP contribution in [0.1, 0.15) is 20.7 Å². The van der Waals surface area contributed by atoms with E-state index in [2.05, 4.69) is 25.0 Å². The molecule has 0 unspecified atom stereocenters. The number of ketones is 1. The van der Waals surface area contributed by atoms with Crippen molar-refractivity contribution in [1.29, 1.82) is 0 Å². The van der Waals surface area contributed by atoms with Crippen molar-refractivity contribution < 1.29 is 14.4 Å². The Balaban J connectivity index is 1.19. The second kappa shape index (κ2) is 9.69. The lowest BCUT2D eigenvalue weighted by atomic mass is 10.1. The van der Waals surface area contributed by atoms with Crippen LogP contribution in [0.25, 0.3) is 28.2 Å². The molecule has 2 amide bonds. The number of benzene rings is 1. The van der Waals surface area contributed by atoms with Crippen LogP contribution in [0.5, 0.6) is 0 Å². The number of amides is 2. The van der Waals surface area contributed by atoms with Gasteiger partial charge in [0, 0.05) is 50.3 Å². The molecule has 1 aliphatic rings. The normalized spacial score (nSPS) is 13.6. The number of hydrogen-bond acceptors (Lipinski definition) is 7. The molecule has 6 rings (SSSR count). The lowest BCUT2D eigenvalue weighted by molar-refractivity contribution is -0.127. The highest BCUT2D eigenvalue weighted by molar-refractivity contribution is 6.44. The number of carbonyl (C=O) groups excluding carboxylic acids is 3. The first-order chi connectivity index (χ1) is 18.6. The van der Waals surface area contributed by atoms with Crippen LogP contribution in [0.3, 0.4) is 0 Å². The van der Waals surface area contributed by atoms with Crippen molar-refractivity contribution in [3.63, 3.8) is 0 Å². The maximum atomic E-state index is 13.2. The molecule has 11 heteroatoms. The second-order valence-electron chi connectivity index (χ2n) is 8.76. The first-order valence-electron chi connectivity index (χ1n) is 12.1. The molecule has 11 nitrogen and oxygen atoms in total. The summed E-state index contributed by atoms with van der Waals surface area (Å²) in [6.07, 6.45) is 6.25. The highest BCUT2D eigenvalue weighted by Crippen LogP contribution is 2.23. The number of aromatic amines is 1. The number of piperazine rings is 1. The van der Waals surface area contributed by atoms with Gasteiger partial charge in [-0.05, 0) is 30.3 Å². The van der Waals surface area contributed by atoms with Gasteiger partial charge in [-0.1, -0.05) is 24.3 Å². The number of H-pyrrole nitrogens is 1. The summed E-state index contributed by atoms with van der Waals surface area (Å²) in [4.78, 5) is 58.1. The number of fused-ring (bicyclic) bond motifs is 1. The topological polar surface area (TPSA) is 130 Å². The van der Waals surface area contributed by atoms with E-state index in [4.69, 9.17) is 0 Å². The van der Waals surface area contributed by atoms with E-state index >= 15 is 0 Å². The van der Waals surface area contributed by atoms with E-state index in [9.17, 15) is 14.4 Å². The van der Waals surface area contributed by atoms with Crippen molar-refractivity contribution in [1.82, 2.24) is 39.5 Å². The van der Waals surface area contributed by atoms with Gasteiger partial charge in [0.1, 0.15) is 23.1 Å². The van der Waals surface area contributed by atoms with E-state index in [0.29, 0.717) is 41.2 Å². The predicted molar refractivity (Wildman–Crippen MR) is 137 cm³/mol. The summed E-state index contributed by atoms with van der Waals surface area (Å²) >= 11 is 0. The minimum absolute atomic E-state index is 0.0882. The molecule has 0 bridgehead atoms. The number of aromatic nitrogens is 6. The standard InChI is InChI=1S/C27H22N8O3/c36-24(27(38)34-14-12-33(13-15-34)26(37)18-6-2-1-3-7-18)19-16-29-23-22(19)30-17-31-25(23)35-11-9-21(32-35)20-8-4-5-10-28-20/h1-11,16-17,29H,12-15H2. The van der Waals surface area contributed by atoms with E-state index in [1.54, 1.807) is 34.1 Å². The molecule has 5 aromatic rings. The molecule has 38 heavy (non-hydrogen) atoms. The van der Waals surface area contributed by atoms with Crippen LogP contribution < -0.4 is 0 Å². The molecule has 0 aliphatic carbocycles. The molecule has 1 saturated heterocycles. The third-order valence-corrected chi connectivity index (χ3v) is 6.49. The zero-order chi connectivity index (χ0) is 26.1. The largest absolute Gasteiger partial charge is 0.356 e. The fourth-order valence-corrected chi connectivity index (χ4v) is 4.50. The maximum Gasteiger partial charge on any atom is 0.295 e. The molecule has 0 radical (unpaired) electrons. The highest BCUT2D eigenvalue weighted by Gasteiger charge is 2.31. The van der Waals surface area contributed by atoms with Crippen LogP contribution >= 0.6 is 0 Å². The number of carbonyl (C=O) groups is 3. The summed E-state index contributed by atoms with van der Waals surface area (Å²) in [5.41, 5.74) is 2.96. The van der Waals surface area contributed by atoms with Crippen molar-refractivity contribution in [3.05, 3.63) is 90.6 Å². The summed E-state index contributed by atoms with van der Waals surface area (Å²) in [6, 6.07) is 16.4. The van der Waals surface area contributed by atoms with Crippen LogP contribution in [-0.2, 0) is 4.79 Å². The third kappa shape index (κ3) is 4.19. The number of rotatable bonds is 5. The Morgan fingerprint density at radius 2 is 1.55 bits per heavy atom. The number of Topliss-reactive ketones (excluding diaryl/α,β-unsaturated/α-hetero) is 1. The lowest BCUT2D eigenvalue weighted by Gasteiger charge is -2.34. The van der Waals surface area contributed by atoms with Gasteiger partial charge in [0.05, 0.1) is 11.3 Å². The van der Waals surface area contributed by atoms with Crippen molar-refractivity contribution in [3.8, 4) is 17.2 Å². The Hall–Kier alpha value is -5.19. The highest BCUT2D eigenvalue weighted by atomic mass is 16.2. The van der Waals surface area contributed by atoms with Crippen LogP contribution in [0.15, 0.2) is 79.5 Å². The van der Waals surface area contributed by atoms with Crippen LogP contribution in [-0.4, -0.2) is 83.3 Å². The van der Waals surface area contributed by atoms with Gasteiger partial charge in [-0.2, -0.15) is 5.10 Å². The first kappa shape index (κ1) is 23.2. The summed E-state index contributed by atoms with van der Waals surface area (Å²) in [5.74, 6) is -0.945. The number of hydrogen-bond donors (Lipinski definition) is 1. The minimum Gasteiger partial charge on any atom is -0.356 e. The van der Waals surface area contributed by atoms with Crippen LogP contribution in [0, 0.1) is 0 Å². The molecule has 1 aromatic carbocycles. The Bertz CT molecular complexity index is 1640. The van der Waals surface area contributed by atoms with Gasteiger partial charge in [-0.3, -0.25) is 19.4 Å². The Morgan fingerprint density at radius 3 is 2.32 bits per heavy atom. The molecule has 1 aliphatic heterocycles. The van der Waals surface area contributed by atoms with E-state index in [0.717, 1.165) is 5.69 Å². The predicted octanol–water partition coefficient (Wildman–Crippen LogP) is 2.37. The van der Waals surface area contributed by atoms with Gasteiger partial charge >= 0.3 is 0 Å². The van der Waals surface area contributed by atoms with E-state index in [1.165, 1.54) is 17.4 Å². The van der Waals surface area contributed by atoms with Gasteiger partial charge in [0.25, 0.3) is 17.6 Å². The third-order valence-electron chi connectivity index (χ3n) is 6.49. The fraction of sp³-hybridized carbons (Fsp3) is 0.148. The summed E-state index contributed by atoms with van der Waals surface area (Å²) < 4.78 is 1.57. The van der Waals surface area contributed by atoms with Gasteiger partial charge in [0.15, 0.2) is 5.82 Å². The fourth-order valence-electron chi connectivity index (χ4n) is 4.50. The van der Waals surface area contributed by atoms with Crippen LogP contribution in [0.4, 0.5) is 0 Å². The molecule has 4 aromatic heterocycles. The average molecular weight is 507 g/mol. The first-order valence-corrected chi connectivity index (χ1v) is 12.1. The Kier molecular flexibility index (Phi) is 5.92. The monoisotopic (exact) mass is 506 g/mol. The van der Waals surface area contributed by atoms with E-state index in [-0.39, 0.29) is 24.6 Å². The van der Waals surface area contributed by atoms with Crippen molar-refractivity contribution in [2.75, 3.05) is 26.2 Å². The molecule has 0 saturated carbocycles.